The number of hydrogen-bond donors (Lipinski definition) is 2. The van der Waals surface area contributed by atoms with Crippen LogP contribution in [-0.2, 0) is 39.6 Å². The molecule has 0 aliphatic rings. The van der Waals surface area contributed by atoms with Crippen LogP contribution in [0.5, 0.6) is 0 Å². The predicted molar refractivity (Wildman–Crippen MR) is 128 cm³/mol. The first-order chi connectivity index (χ1) is 16.2. The van der Waals surface area contributed by atoms with Crippen molar-refractivity contribution in [3.63, 3.8) is 0 Å². The molecule has 2 N–H and O–H groups in total. The minimum Gasteiger partial charge on any atom is -0.462 e. The summed E-state index contributed by atoms with van der Waals surface area (Å²) in [7, 11) is 0. The van der Waals surface area contributed by atoms with Crippen LogP contribution in [0.15, 0.2) is 36.9 Å². The number of benzene rings is 1. The molecule has 0 radical (unpaired) electrons. The molecule has 1 aromatic rings. The van der Waals surface area contributed by atoms with Gasteiger partial charge in [0.25, 0.3) is 0 Å². The van der Waals surface area contributed by atoms with Crippen LogP contribution in [0, 0.1) is 0 Å². The Hall–Kier alpha value is -3.56. The highest BCUT2D eigenvalue weighted by atomic mass is 16.6. The van der Waals surface area contributed by atoms with E-state index in [9.17, 15) is 19.2 Å². The zero-order valence-electron chi connectivity index (χ0n) is 21.4. The van der Waals surface area contributed by atoms with Gasteiger partial charge in [-0.25, -0.2) is 14.4 Å². The van der Waals surface area contributed by atoms with Gasteiger partial charge in [-0.2, -0.15) is 0 Å². The van der Waals surface area contributed by atoms with Crippen molar-refractivity contribution in [2.75, 3.05) is 13.2 Å². The lowest BCUT2D eigenvalue weighted by molar-refractivity contribution is -0.143. The van der Waals surface area contributed by atoms with E-state index in [4.69, 9.17) is 18.9 Å². The van der Waals surface area contributed by atoms with Crippen LogP contribution in [0.3, 0.4) is 0 Å². The number of ether oxygens (including phenoxy) is 4. The number of amides is 2. The first-order valence-corrected chi connectivity index (χ1v) is 11.2. The Morgan fingerprint density at radius 1 is 0.886 bits per heavy atom. The molecule has 194 valence electrons. The molecule has 0 saturated carbocycles. The summed E-state index contributed by atoms with van der Waals surface area (Å²) in [4.78, 5) is 46.8. The van der Waals surface area contributed by atoms with Crippen LogP contribution in [0.4, 0.5) is 9.59 Å². The first-order valence-electron chi connectivity index (χ1n) is 11.2. The van der Waals surface area contributed by atoms with Crippen molar-refractivity contribution in [2.24, 2.45) is 0 Å². The highest BCUT2D eigenvalue weighted by Crippen LogP contribution is 2.27. The van der Waals surface area contributed by atoms with Gasteiger partial charge < -0.3 is 29.6 Å². The fourth-order valence-electron chi connectivity index (χ4n) is 2.94. The normalized spacial score (nSPS) is 13.0. The van der Waals surface area contributed by atoms with E-state index in [1.165, 1.54) is 6.92 Å². The molecule has 0 heterocycles. The number of alkyl carbamates (subject to hydrolysis) is 2. The maximum absolute atomic E-state index is 12.4. The van der Waals surface area contributed by atoms with E-state index in [1.54, 1.807) is 27.7 Å². The molecule has 0 aliphatic carbocycles. The molecule has 0 aliphatic heterocycles. The van der Waals surface area contributed by atoms with E-state index in [2.05, 4.69) is 17.2 Å². The van der Waals surface area contributed by atoms with Gasteiger partial charge in [0, 0.05) is 13.0 Å². The van der Waals surface area contributed by atoms with Crippen molar-refractivity contribution in [3.8, 4) is 0 Å². The van der Waals surface area contributed by atoms with Gasteiger partial charge in [0.05, 0.1) is 11.1 Å². The second-order valence-corrected chi connectivity index (χ2v) is 9.15. The molecule has 10 heteroatoms. The summed E-state index contributed by atoms with van der Waals surface area (Å²) in [6, 6.07) is 7.36. The lowest BCUT2D eigenvalue weighted by Gasteiger charge is -2.31. The Labute approximate surface area is 206 Å². The van der Waals surface area contributed by atoms with E-state index in [0.29, 0.717) is 0 Å². The zero-order valence-corrected chi connectivity index (χ0v) is 21.4. The fourth-order valence-corrected chi connectivity index (χ4v) is 2.94. The van der Waals surface area contributed by atoms with Crippen molar-refractivity contribution in [3.05, 3.63) is 48.0 Å². The second-order valence-electron chi connectivity index (χ2n) is 9.15. The number of esters is 2. The largest absolute Gasteiger partial charge is 0.462 e. The standard InChI is InChI=1S/C25H36N2O8/c1-9-21(29)33-15-17(3)35-23(31)27-25(7,8)20-12-10-11-19(13-20)24(5,6)26-22(30)34-16(2)14-32-18(4)28/h9-13,16-17H,1,14-15H2,2-8H3,(H,26,30)(H,27,31). The number of rotatable bonds is 11. The minimum atomic E-state index is -0.820. The molecule has 2 unspecified atom stereocenters. The minimum absolute atomic E-state index is 0.0378. The fraction of sp³-hybridized carbons (Fsp3) is 0.520. The van der Waals surface area contributed by atoms with Crippen LogP contribution in [0.2, 0.25) is 0 Å². The number of hydrogen-bond acceptors (Lipinski definition) is 8. The third-order valence-corrected chi connectivity index (χ3v) is 4.90. The molecule has 2 atom stereocenters. The molecule has 35 heavy (non-hydrogen) atoms. The lowest BCUT2D eigenvalue weighted by Crippen LogP contribution is -2.44. The Bertz CT molecular complexity index is 926. The van der Waals surface area contributed by atoms with E-state index >= 15 is 0 Å². The van der Waals surface area contributed by atoms with Gasteiger partial charge in [-0.15, -0.1) is 0 Å². The number of nitrogens with one attached hydrogen (secondary N) is 2. The molecule has 0 fully saturated rings. The molecular formula is C25H36N2O8. The van der Waals surface area contributed by atoms with Crippen LogP contribution in [-0.4, -0.2) is 49.5 Å². The van der Waals surface area contributed by atoms with E-state index in [0.717, 1.165) is 17.2 Å². The Morgan fingerprint density at radius 3 is 1.71 bits per heavy atom. The second kappa shape index (κ2) is 12.8. The maximum atomic E-state index is 12.4. The first kappa shape index (κ1) is 29.5. The highest BCUT2D eigenvalue weighted by Gasteiger charge is 2.29. The Kier molecular flexibility index (Phi) is 10.8. The SMILES string of the molecule is C=CC(=O)OCC(C)OC(=O)NC(C)(C)c1cccc(C(C)(C)NC(=O)OC(C)COC(C)=O)c1. The van der Waals surface area contributed by atoms with Crippen LogP contribution < -0.4 is 10.6 Å². The van der Waals surface area contributed by atoms with Gasteiger partial charge in [-0.05, 0) is 52.7 Å². The third-order valence-electron chi connectivity index (χ3n) is 4.90. The molecular weight excluding hydrogens is 456 g/mol. The topological polar surface area (TPSA) is 129 Å². The van der Waals surface area contributed by atoms with Crippen LogP contribution in [0.25, 0.3) is 0 Å². The molecule has 1 rings (SSSR count). The molecule has 0 saturated heterocycles. The van der Waals surface area contributed by atoms with Crippen LogP contribution >= 0.6 is 0 Å². The summed E-state index contributed by atoms with van der Waals surface area (Å²) in [5, 5.41) is 5.60. The van der Waals surface area contributed by atoms with Gasteiger partial charge in [0.1, 0.15) is 25.4 Å². The molecule has 0 spiro atoms. The molecule has 0 bridgehead atoms. The average Bonchev–Trinajstić information content (AvgIpc) is 2.75. The van der Waals surface area contributed by atoms with E-state index in [-0.39, 0.29) is 13.2 Å². The Morgan fingerprint density at radius 2 is 1.31 bits per heavy atom. The third kappa shape index (κ3) is 10.5. The summed E-state index contributed by atoms with van der Waals surface area (Å²) < 4.78 is 20.2. The summed E-state index contributed by atoms with van der Waals surface area (Å²) in [6.07, 6.45) is -1.57. The van der Waals surface area contributed by atoms with E-state index < -0.39 is 47.4 Å². The van der Waals surface area contributed by atoms with Crippen molar-refractivity contribution in [1.29, 1.82) is 0 Å². The van der Waals surface area contributed by atoms with Gasteiger partial charge in [0.2, 0.25) is 0 Å². The van der Waals surface area contributed by atoms with Crippen molar-refractivity contribution < 1.29 is 38.1 Å². The van der Waals surface area contributed by atoms with Gasteiger partial charge in [-0.1, -0.05) is 30.8 Å². The summed E-state index contributed by atoms with van der Waals surface area (Å²) in [5.41, 5.74) is -0.0922. The van der Waals surface area contributed by atoms with Gasteiger partial charge in [-0.3, -0.25) is 4.79 Å². The van der Waals surface area contributed by atoms with E-state index in [1.807, 2.05) is 38.1 Å². The monoisotopic (exact) mass is 492 g/mol. The molecule has 2 amide bonds. The smallest absolute Gasteiger partial charge is 0.408 e. The Balaban J connectivity index is 2.81. The van der Waals surface area contributed by atoms with Crippen LogP contribution in [0.1, 0.15) is 59.6 Å². The molecule has 0 aromatic heterocycles. The maximum Gasteiger partial charge on any atom is 0.408 e. The van der Waals surface area contributed by atoms with Crippen molar-refractivity contribution in [1.82, 2.24) is 10.6 Å². The number of carbonyl (C=O) groups is 4. The van der Waals surface area contributed by atoms with Crippen molar-refractivity contribution in [2.45, 2.75) is 71.8 Å². The van der Waals surface area contributed by atoms with Gasteiger partial charge >= 0.3 is 24.1 Å². The predicted octanol–water partition coefficient (Wildman–Crippen LogP) is 3.68. The van der Waals surface area contributed by atoms with Crippen molar-refractivity contribution >= 4 is 24.1 Å². The summed E-state index contributed by atoms with van der Waals surface area (Å²) in [6.45, 7) is 14.9. The average molecular weight is 493 g/mol. The summed E-state index contributed by atoms with van der Waals surface area (Å²) >= 11 is 0. The van der Waals surface area contributed by atoms with Gasteiger partial charge in [0.15, 0.2) is 0 Å². The molecule has 1 aromatic carbocycles. The zero-order chi connectivity index (χ0) is 26.8. The molecule has 10 nitrogen and oxygen atoms in total. The number of carbonyl (C=O) groups excluding carboxylic acids is 4. The highest BCUT2D eigenvalue weighted by molar-refractivity contribution is 5.81. The lowest BCUT2D eigenvalue weighted by atomic mass is 9.87. The summed E-state index contributed by atoms with van der Waals surface area (Å²) in [5.74, 6) is -1.05. The quantitative estimate of drug-likeness (QED) is 0.272.